The molecule has 1 heterocycles. The normalized spacial score (nSPS) is 13.7. The van der Waals surface area contributed by atoms with Gasteiger partial charge in [-0.2, -0.15) is 13.2 Å². The number of nitrogens with zero attached hydrogens (tertiary/aromatic N) is 1. The van der Waals surface area contributed by atoms with Crippen molar-refractivity contribution in [3.8, 4) is 5.88 Å². The lowest BCUT2D eigenvalue weighted by Crippen LogP contribution is -2.33. The largest absolute Gasteiger partial charge is 0.465 e. The van der Waals surface area contributed by atoms with Crippen molar-refractivity contribution in [2.45, 2.75) is 25.6 Å². The third kappa shape index (κ3) is 3.70. The van der Waals surface area contributed by atoms with Crippen molar-refractivity contribution < 1.29 is 17.9 Å². The first kappa shape index (κ1) is 12.3. The fourth-order valence-electron chi connectivity index (χ4n) is 0.959. The highest BCUT2D eigenvalue weighted by atomic mass is 79.9. The lowest BCUT2D eigenvalue weighted by Gasteiger charge is -2.19. The Morgan fingerprint density at radius 1 is 1.47 bits per heavy atom. The summed E-state index contributed by atoms with van der Waals surface area (Å²) in [5, 5.41) is 0. The first-order valence-corrected chi connectivity index (χ1v) is 5.07. The Kier molecular flexibility index (Phi) is 3.96. The second kappa shape index (κ2) is 4.83. The molecule has 0 aliphatic rings. The molecule has 0 radical (unpaired) electrons. The topological polar surface area (TPSA) is 22.1 Å². The Balaban J connectivity index is 2.71. The van der Waals surface area contributed by atoms with Gasteiger partial charge in [-0.1, -0.05) is 6.92 Å². The molecule has 84 valence electrons. The van der Waals surface area contributed by atoms with Gasteiger partial charge in [0.25, 0.3) is 0 Å². The SMILES string of the molecule is CCC(Oc1ccc(Br)cn1)C(F)(F)F. The molecule has 1 atom stereocenters. The molecule has 0 aromatic carbocycles. The van der Waals surface area contributed by atoms with Crippen LogP contribution in [0.25, 0.3) is 0 Å². The van der Waals surface area contributed by atoms with Crippen molar-refractivity contribution in [1.82, 2.24) is 4.98 Å². The van der Waals surface area contributed by atoms with Gasteiger partial charge in [-0.05, 0) is 28.4 Å². The number of ether oxygens (including phenoxy) is 1. The summed E-state index contributed by atoms with van der Waals surface area (Å²) in [6.45, 7) is 1.41. The molecule has 1 unspecified atom stereocenters. The van der Waals surface area contributed by atoms with Crippen LogP contribution in [0.2, 0.25) is 0 Å². The van der Waals surface area contributed by atoms with Gasteiger partial charge in [-0.3, -0.25) is 0 Å². The molecule has 2 nitrogen and oxygen atoms in total. The van der Waals surface area contributed by atoms with Crippen LogP contribution in [0.4, 0.5) is 13.2 Å². The van der Waals surface area contributed by atoms with Crippen LogP contribution < -0.4 is 4.74 Å². The van der Waals surface area contributed by atoms with Crippen molar-refractivity contribution in [1.29, 1.82) is 0 Å². The van der Waals surface area contributed by atoms with Crippen LogP contribution in [0, 0.1) is 0 Å². The molecular formula is C9H9BrF3NO. The number of pyridine rings is 1. The maximum Gasteiger partial charge on any atom is 0.425 e. The Morgan fingerprint density at radius 3 is 2.53 bits per heavy atom. The number of halogens is 4. The molecule has 0 fully saturated rings. The zero-order valence-corrected chi connectivity index (χ0v) is 9.47. The zero-order valence-electron chi connectivity index (χ0n) is 7.88. The maximum atomic E-state index is 12.3. The van der Waals surface area contributed by atoms with Crippen LogP contribution in [0.1, 0.15) is 13.3 Å². The molecular weight excluding hydrogens is 275 g/mol. The smallest absolute Gasteiger partial charge is 0.425 e. The molecule has 0 spiro atoms. The third-order valence-electron chi connectivity index (χ3n) is 1.70. The molecule has 0 bridgehead atoms. The number of alkyl halides is 3. The molecule has 1 aromatic rings. The number of hydrogen-bond donors (Lipinski definition) is 0. The summed E-state index contributed by atoms with van der Waals surface area (Å²) < 4.78 is 42.4. The van der Waals surface area contributed by atoms with E-state index >= 15 is 0 Å². The van der Waals surface area contributed by atoms with E-state index in [4.69, 9.17) is 4.74 Å². The fraction of sp³-hybridized carbons (Fsp3) is 0.444. The molecule has 0 aliphatic carbocycles. The highest BCUT2D eigenvalue weighted by Crippen LogP contribution is 2.26. The molecule has 0 amide bonds. The van der Waals surface area contributed by atoms with E-state index in [1.807, 2.05) is 0 Å². The average molecular weight is 284 g/mol. The summed E-state index contributed by atoms with van der Waals surface area (Å²) >= 11 is 3.13. The maximum absolute atomic E-state index is 12.3. The second-order valence-corrected chi connectivity index (χ2v) is 3.79. The minimum Gasteiger partial charge on any atom is -0.465 e. The van der Waals surface area contributed by atoms with Gasteiger partial charge in [-0.15, -0.1) is 0 Å². The van der Waals surface area contributed by atoms with Gasteiger partial charge < -0.3 is 4.74 Å². The Bertz CT molecular complexity index is 312. The Hall–Kier alpha value is -0.780. The van der Waals surface area contributed by atoms with Crippen LogP contribution in [-0.2, 0) is 0 Å². The van der Waals surface area contributed by atoms with E-state index in [1.165, 1.54) is 19.2 Å². The van der Waals surface area contributed by atoms with Crippen molar-refractivity contribution in [3.05, 3.63) is 22.8 Å². The van der Waals surface area contributed by atoms with E-state index in [0.29, 0.717) is 4.47 Å². The van der Waals surface area contributed by atoms with E-state index in [9.17, 15) is 13.2 Å². The Labute approximate surface area is 93.6 Å². The molecule has 1 aromatic heterocycles. The van der Waals surface area contributed by atoms with Gasteiger partial charge in [0.1, 0.15) is 0 Å². The van der Waals surface area contributed by atoms with Crippen LogP contribution >= 0.6 is 15.9 Å². The van der Waals surface area contributed by atoms with Crippen LogP contribution in [0.15, 0.2) is 22.8 Å². The lowest BCUT2D eigenvalue weighted by atomic mass is 10.3. The van der Waals surface area contributed by atoms with Crippen molar-refractivity contribution in [2.75, 3.05) is 0 Å². The van der Waals surface area contributed by atoms with E-state index in [2.05, 4.69) is 20.9 Å². The number of aromatic nitrogens is 1. The highest BCUT2D eigenvalue weighted by molar-refractivity contribution is 9.10. The van der Waals surface area contributed by atoms with Gasteiger partial charge in [0, 0.05) is 16.7 Å². The van der Waals surface area contributed by atoms with Gasteiger partial charge in [-0.25, -0.2) is 4.98 Å². The van der Waals surface area contributed by atoms with E-state index in [1.54, 1.807) is 6.07 Å². The summed E-state index contributed by atoms with van der Waals surface area (Å²) in [7, 11) is 0. The third-order valence-corrected chi connectivity index (χ3v) is 2.17. The van der Waals surface area contributed by atoms with E-state index < -0.39 is 12.3 Å². The minimum atomic E-state index is -4.36. The van der Waals surface area contributed by atoms with Crippen LogP contribution in [0.3, 0.4) is 0 Å². The van der Waals surface area contributed by atoms with Crippen molar-refractivity contribution >= 4 is 15.9 Å². The number of hydrogen-bond acceptors (Lipinski definition) is 2. The molecule has 0 saturated heterocycles. The quantitative estimate of drug-likeness (QED) is 0.846. The first-order valence-electron chi connectivity index (χ1n) is 4.28. The first-order chi connectivity index (χ1) is 6.93. The summed E-state index contributed by atoms with van der Waals surface area (Å²) in [6, 6.07) is 2.96. The monoisotopic (exact) mass is 283 g/mol. The van der Waals surface area contributed by atoms with Gasteiger partial charge in [0.15, 0.2) is 6.10 Å². The average Bonchev–Trinajstić information content (AvgIpc) is 2.15. The van der Waals surface area contributed by atoms with Gasteiger partial charge >= 0.3 is 6.18 Å². The summed E-state index contributed by atoms with van der Waals surface area (Å²) in [5.74, 6) is -0.0256. The van der Waals surface area contributed by atoms with Gasteiger partial charge in [0.2, 0.25) is 5.88 Å². The zero-order chi connectivity index (χ0) is 11.5. The molecule has 0 aliphatic heterocycles. The lowest BCUT2D eigenvalue weighted by molar-refractivity contribution is -0.196. The van der Waals surface area contributed by atoms with Crippen molar-refractivity contribution in [2.24, 2.45) is 0 Å². The fourth-order valence-corrected chi connectivity index (χ4v) is 1.19. The van der Waals surface area contributed by atoms with E-state index in [-0.39, 0.29) is 12.3 Å². The van der Waals surface area contributed by atoms with Crippen molar-refractivity contribution in [3.63, 3.8) is 0 Å². The highest BCUT2D eigenvalue weighted by Gasteiger charge is 2.40. The summed E-state index contributed by atoms with van der Waals surface area (Å²) in [5.41, 5.74) is 0. The minimum absolute atomic E-state index is 0.0256. The predicted octanol–water partition coefficient (Wildman–Crippen LogP) is 3.56. The molecule has 15 heavy (non-hydrogen) atoms. The summed E-state index contributed by atoms with van der Waals surface area (Å²) in [4.78, 5) is 3.71. The van der Waals surface area contributed by atoms with E-state index in [0.717, 1.165) is 0 Å². The van der Waals surface area contributed by atoms with Crippen LogP contribution in [0.5, 0.6) is 5.88 Å². The molecule has 1 rings (SSSR count). The summed E-state index contributed by atoms with van der Waals surface area (Å²) in [6.07, 6.45) is -4.91. The molecule has 0 N–H and O–H groups in total. The predicted molar refractivity (Wildman–Crippen MR) is 52.7 cm³/mol. The number of rotatable bonds is 3. The molecule has 0 saturated carbocycles. The molecule has 6 heteroatoms. The van der Waals surface area contributed by atoms with Gasteiger partial charge in [0.05, 0.1) is 0 Å². The standard InChI is InChI=1S/C9H9BrF3NO/c1-2-7(9(11,12)13)15-8-4-3-6(10)5-14-8/h3-5,7H,2H2,1H3. The Morgan fingerprint density at radius 2 is 2.13 bits per heavy atom. The van der Waals surface area contributed by atoms with Crippen LogP contribution in [-0.4, -0.2) is 17.3 Å². The second-order valence-electron chi connectivity index (χ2n) is 2.87.